The van der Waals surface area contributed by atoms with Crippen LogP contribution in [0.15, 0.2) is 54.6 Å². The summed E-state index contributed by atoms with van der Waals surface area (Å²) in [4.78, 5) is 11.9. The molecule has 0 spiro atoms. The van der Waals surface area contributed by atoms with E-state index >= 15 is 0 Å². The first-order valence-electron chi connectivity index (χ1n) is 8.21. The molecule has 0 saturated carbocycles. The lowest BCUT2D eigenvalue weighted by Crippen LogP contribution is -2.31. The van der Waals surface area contributed by atoms with E-state index in [1.807, 2.05) is 37.3 Å². The van der Waals surface area contributed by atoms with Crippen LogP contribution in [-0.4, -0.2) is 12.4 Å². The van der Waals surface area contributed by atoms with Gasteiger partial charge in [-0.2, -0.15) is 13.2 Å². The molecule has 0 aliphatic carbocycles. The van der Waals surface area contributed by atoms with Gasteiger partial charge in [0, 0.05) is 13.0 Å². The van der Waals surface area contributed by atoms with Crippen molar-refractivity contribution >= 4 is 6.09 Å². The van der Waals surface area contributed by atoms with Crippen LogP contribution < -0.4 is 10.1 Å². The highest BCUT2D eigenvalue weighted by atomic mass is 19.4. The fraction of sp³-hybridized carbons (Fsp3) is 0.316. The number of halogens is 3. The zero-order chi connectivity index (χ0) is 19.0. The van der Waals surface area contributed by atoms with Gasteiger partial charge in [-0.05, 0) is 30.2 Å². The van der Waals surface area contributed by atoms with Gasteiger partial charge in [0.1, 0.15) is 5.75 Å². The zero-order valence-corrected chi connectivity index (χ0v) is 14.3. The van der Waals surface area contributed by atoms with Crippen LogP contribution in [-0.2, 0) is 17.5 Å². The molecule has 0 fully saturated rings. The Morgan fingerprint density at radius 1 is 1.12 bits per heavy atom. The molecule has 0 aliphatic rings. The number of amides is 1. The molecule has 4 nitrogen and oxygen atoms in total. The number of carbonyl (C=O) groups excluding carboxylic acids is 1. The van der Waals surface area contributed by atoms with Gasteiger partial charge in [0.05, 0.1) is 5.56 Å². The molecule has 1 unspecified atom stereocenters. The van der Waals surface area contributed by atoms with E-state index in [4.69, 9.17) is 9.47 Å². The van der Waals surface area contributed by atoms with Crippen molar-refractivity contribution in [3.05, 3.63) is 65.7 Å². The molecule has 0 saturated heterocycles. The molecule has 1 amide bonds. The number of nitrogens with one attached hydrogen (secondary N) is 1. The zero-order valence-electron chi connectivity index (χ0n) is 14.3. The van der Waals surface area contributed by atoms with Crippen molar-refractivity contribution in [3.63, 3.8) is 0 Å². The number of alkyl halides is 3. The number of ether oxygens (including phenoxy) is 2. The highest BCUT2D eigenvalue weighted by Gasteiger charge is 2.31. The molecule has 1 atom stereocenters. The van der Waals surface area contributed by atoms with Gasteiger partial charge in [0.15, 0.2) is 0 Å². The Bertz CT molecular complexity index is 705. The predicted octanol–water partition coefficient (Wildman–Crippen LogP) is 5.14. The average Bonchev–Trinajstić information content (AvgIpc) is 2.60. The summed E-state index contributed by atoms with van der Waals surface area (Å²) in [5.41, 5.74) is 0.0778. The Morgan fingerprint density at radius 3 is 2.50 bits per heavy atom. The van der Waals surface area contributed by atoms with Crippen molar-refractivity contribution in [2.24, 2.45) is 0 Å². The van der Waals surface area contributed by atoms with E-state index in [1.54, 1.807) is 0 Å². The highest BCUT2D eigenvalue weighted by Crippen LogP contribution is 2.31. The first-order valence-corrected chi connectivity index (χ1v) is 8.21. The van der Waals surface area contributed by atoms with E-state index in [2.05, 4.69) is 5.32 Å². The smallest absolute Gasteiger partial charge is 0.416 e. The largest absolute Gasteiger partial charge is 0.455 e. The van der Waals surface area contributed by atoms with Gasteiger partial charge in [-0.1, -0.05) is 43.3 Å². The monoisotopic (exact) mass is 367 g/mol. The summed E-state index contributed by atoms with van der Waals surface area (Å²) in [6.07, 6.45) is -5.14. The fourth-order valence-corrected chi connectivity index (χ4v) is 2.21. The molecular formula is C19H20F3NO3. The normalized spacial score (nSPS) is 12.3. The summed E-state index contributed by atoms with van der Waals surface area (Å²) in [5, 5.41) is 2.59. The number of hydrogen-bond donors (Lipinski definition) is 1. The average molecular weight is 367 g/mol. The number of hydrogen-bond acceptors (Lipinski definition) is 3. The van der Waals surface area contributed by atoms with Gasteiger partial charge in [-0.3, -0.25) is 0 Å². The van der Waals surface area contributed by atoms with E-state index in [1.165, 1.54) is 12.1 Å². The van der Waals surface area contributed by atoms with Crippen molar-refractivity contribution in [2.45, 2.75) is 38.8 Å². The van der Waals surface area contributed by atoms with Crippen molar-refractivity contribution < 1.29 is 27.4 Å². The van der Waals surface area contributed by atoms with Crippen LogP contribution in [0.25, 0.3) is 0 Å². The molecular weight excluding hydrogens is 347 g/mol. The molecule has 0 heterocycles. The van der Waals surface area contributed by atoms with E-state index in [-0.39, 0.29) is 12.3 Å². The van der Waals surface area contributed by atoms with Crippen LogP contribution in [0.1, 0.15) is 30.9 Å². The van der Waals surface area contributed by atoms with Gasteiger partial charge < -0.3 is 14.8 Å². The predicted molar refractivity (Wildman–Crippen MR) is 90.5 cm³/mol. The topological polar surface area (TPSA) is 47.6 Å². The second-order valence-electron chi connectivity index (χ2n) is 5.61. The first-order chi connectivity index (χ1) is 12.4. The second kappa shape index (κ2) is 9.12. The summed E-state index contributed by atoms with van der Waals surface area (Å²) in [7, 11) is 0. The van der Waals surface area contributed by atoms with Crippen molar-refractivity contribution in [1.29, 1.82) is 0 Å². The fourth-order valence-electron chi connectivity index (χ4n) is 2.21. The summed E-state index contributed by atoms with van der Waals surface area (Å²) < 4.78 is 48.9. The van der Waals surface area contributed by atoms with Gasteiger partial charge in [-0.15, -0.1) is 0 Å². The first kappa shape index (κ1) is 19.6. The Labute approximate surface area is 149 Å². The Kier molecular flexibility index (Phi) is 6.89. The van der Waals surface area contributed by atoms with Gasteiger partial charge in [-0.25, -0.2) is 4.79 Å². The summed E-state index contributed by atoms with van der Waals surface area (Å²) >= 11 is 0. The van der Waals surface area contributed by atoms with Crippen molar-refractivity contribution in [3.8, 4) is 5.75 Å². The minimum atomic E-state index is -4.46. The quantitative estimate of drug-likeness (QED) is 0.690. The van der Waals surface area contributed by atoms with Crippen molar-refractivity contribution in [1.82, 2.24) is 5.32 Å². The molecule has 0 aromatic heterocycles. The molecule has 2 rings (SSSR count). The molecule has 26 heavy (non-hydrogen) atoms. The molecule has 0 bridgehead atoms. The lowest BCUT2D eigenvalue weighted by atomic mass is 10.2. The van der Waals surface area contributed by atoms with Crippen LogP contribution in [0.2, 0.25) is 0 Å². The van der Waals surface area contributed by atoms with E-state index in [9.17, 15) is 18.0 Å². The Morgan fingerprint density at radius 2 is 1.85 bits per heavy atom. The van der Waals surface area contributed by atoms with Crippen LogP contribution in [0.4, 0.5) is 18.0 Å². The second-order valence-corrected chi connectivity index (χ2v) is 5.61. The van der Waals surface area contributed by atoms with Crippen LogP contribution in [0.5, 0.6) is 5.75 Å². The van der Waals surface area contributed by atoms with E-state index < -0.39 is 24.1 Å². The molecule has 1 N–H and O–H groups in total. The number of rotatable bonds is 7. The minimum absolute atomic E-state index is 0.00543. The Hall–Kier alpha value is -2.70. The maximum atomic E-state index is 12.8. The van der Waals surface area contributed by atoms with Gasteiger partial charge >= 0.3 is 12.3 Å². The third-order valence-corrected chi connectivity index (χ3v) is 3.47. The van der Waals surface area contributed by atoms with Crippen LogP contribution in [0.3, 0.4) is 0 Å². The summed E-state index contributed by atoms with van der Waals surface area (Å²) in [5.74, 6) is -0.00543. The molecule has 0 aliphatic heterocycles. The van der Waals surface area contributed by atoms with E-state index in [0.717, 1.165) is 17.7 Å². The maximum absolute atomic E-state index is 12.8. The minimum Gasteiger partial charge on any atom is -0.455 e. The molecule has 0 radical (unpaired) electrons. The maximum Gasteiger partial charge on any atom is 0.416 e. The Balaban J connectivity index is 1.94. The highest BCUT2D eigenvalue weighted by molar-refractivity contribution is 5.67. The summed E-state index contributed by atoms with van der Waals surface area (Å²) in [6.45, 7) is 2.13. The van der Waals surface area contributed by atoms with Crippen LogP contribution >= 0.6 is 0 Å². The number of alkyl carbamates (subject to hydrolysis) is 1. The summed E-state index contributed by atoms with van der Waals surface area (Å²) in [6, 6.07) is 13.7. The third-order valence-electron chi connectivity index (χ3n) is 3.47. The molecule has 7 heteroatoms. The van der Waals surface area contributed by atoms with E-state index in [0.29, 0.717) is 12.8 Å². The van der Waals surface area contributed by atoms with Gasteiger partial charge in [0.25, 0.3) is 0 Å². The SMILES string of the molecule is CCCC(OC(=O)NCc1ccccc1)Oc1cccc(C(F)(F)F)c1. The standard InChI is InChI=1S/C19H20F3NO3/c1-2-7-17(25-16-11-6-10-15(12-16)19(20,21)22)26-18(24)23-13-14-8-4-3-5-9-14/h3-6,8-12,17H,2,7,13H2,1H3,(H,23,24). The van der Waals surface area contributed by atoms with Crippen LogP contribution in [0, 0.1) is 0 Å². The van der Waals surface area contributed by atoms with Crippen molar-refractivity contribution in [2.75, 3.05) is 0 Å². The molecule has 2 aromatic carbocycles. The lowest BCUT2D eigenvalue weighted by molar-refractivity contribution is -0.137. The van der Waals surface area contributed by atoms with Gasteiger partial charge in [0.2, 0.25) is 6.29 Å². The third kappa shape index (κ3) is 6.31. The molecule has 2 aromatic rings. The number of benzene rings is 2. The molecule has 140 valence electrons. The number of carbonyl (C=O) groups is 1. The lowest BCUT2D eigenvalue weighted by Gasteiger charge is -2.20.